The monoisotopic (exact) mass is 334 g/mol. The molecule has 96 valence electrons. The zero-order chi connectivity index (χ0) is 13.6. The van der Waals surface area contributed by atoms with Crippen LogP contribution in [-0.4, -0.2) is 9.97 Å². The minimum atomic E-state index is 0.701. The molecule has 3 aromatic rings. The van der Waals surface area contributed by atoms with E-state index in [1.807, 2.05) is 18.2 Å². The third kappa shape index (κ3) is 2.28. The summed E-state index contributed by atoms with van der Waals surface area (Å²) in [4.78, 5) is 7.99. The van der Waals surface area contributed by atoms with Gasteiger partial charge in [-0.3, -0.25) is 0 Å². The van der Waals surface area contributed by atoms with E-state index in [2.05, 4.69) is 51.9 Å². The Balaban J connectivity index is 2.17. The summed E-state index contributed by atoms with van der Waals surface area (Å²) in [5.41, 5.74) is 5.58. The maximum absolute atomic E-state index is 6.01. The molecule has 2 nitrogen and oxygen atoms in total. The van der Waals surface area contributed by atoms with Gasteiger partial charge in [0, 0.05) is 10.0 Å². The first kappa shape index (κ1) is 12.7. The van der Waals surface area contributed by atoms with Crippen LogP contribution in [0, 0.1) is 13.8 Å². The van der Waals surface area contributed by atoms with Crippen molar-refractivity contribution in [2.75, 3.05) is 0 Å². The molecule has 0 aliphatic heterocycles. The molecule has 1 heterocycles. The van der Waals surface area contributed by atoms with Crippen molar-refractivity contribution in [3.8, 4) is 11.4 Å². The number of hydrogen-bond donors (Lipinski definition) is 1. The van der Waals surface area contributed by atoms with Gasteiger partial charge in [-0.2, -0.15) is 0 Å². The Bertz CT molecular complexity index is 738. The Morgan fingerprint density at radius 2 is 1.84 bits per heavy atom. The largest absolute Gasteiger partial charge is 0.338 e. The predicted molar refractivity (Wildman–Crippen MR) is 83.7 cm³/mol. The average Bonchev–Trinajstić information content (AvgIpc) is 2.76. The van der Waals surface area contributed by atoms with Gasteiger partial charge in [-0.15, -0.1) is 0 Å². The first-order valence-corrected chi connectivity index (χ1v) is 7.14. The van der Waals surface area contributed by atoms with Gasteiger partial charge in [-0.1, -0.05) is 11.6 Å². The summed E-state index contributed by atoms with van der Waals surface area (Å²) in [5.74, 6) is 0.859. The highest BCUT2D eigenvalue weighted by Crippen LogP contribution is 2.29. The lowest BCUT2D eigenvalue weighted by Crippen LogP contribution is -1.80. The second-order valence-corrected chi connectivity index (χ2v) is 5.93. The van der Waals surface area contributed by atoms with E-state index < -0.39 is 0 Å². The van der Waals surface area contributed by atoms with E-state index in [-0.39, 0.29) is 0 Å². The highest BCUT2D eigenvalue weighted by molar-refractivity contribution is 9.10. The molecule has 0 fully saturated rings. The smallest absolute Gasteiger partial charge is 0.138 e. The third-order valence-corrected chi connectivity index (χ3v) is 4.50. The van der Waals surface area contributed by atoms with Crippen molar-refractivity contribution in [1.29, 1.82) is 0 Å². The quantitative estimate of drug-likeness (QED) is 0.645. The van der Waals surface area contributed by atoms with Crippen LogP contribution in [0.3, 0.4) is 0 Å². The van der Waals surface area contributed by atoms with Gasteiger partial charge < -0.3 is 4.98 Å². The molecule has 0 unspecified atom stereocenters. The second-order valence-electron chi connectivity index (χ2n) is 4.67. The van der Waals surface area contributed by atoms with Crippen LogP contribution >= 0.6 is 27.5 Å². The van der Waals surface area contributed by atoms with E-state index >= 15 is 0 Å². The zero-order valence-electron chi connectivity index (χ0n) is 10.6. The molecule has 0 aliphatic carbocycles. The Morgan fingerprint density at radius 3 is 2.58 bits per heavy atom. The molecule has 1 aromatic heterocycles. The molecule has 0 atom stereocenters. The van der Waals surface area contributed by atoms with Gasteiger partial charge in [-0.25, -0.2) is 4.98 Å². The summed E-state index contributed by atoms with van der Waals surface area (Å²) in [6, 6.07) is 10.0. The fraction of sp³-hybridized carbons (Fsp3) is 0.133. The summed E-state index contributed by atoms with van der Waals surface area (Å²) in [6.45, 7) is 4.20. The van der Waals surface area contributed by atoms with Gasteiger partial charge in [0.25, 0.3) is 0 Å². The minimum absolute atomic E-state index is 0.701. The number of imidazole rings is 1. The van der Waals surface area contributed by atoms with E-state index in [0.717, 1.165) is 26.9 Å². The lowest BCUT2D eigenvalue weighted by molar-refractivity contribution is 1.33. The third-order valence-electron chi connectivity index (χ3n) is 3.29. The Hall–Kier alpha value is -1.32. The number of fused-ring (bicyclic) bond motifs is 1. The van der Waals surface area contributed by atoms with Crippen LogP contribution in [0.4, 0.5) is 0 Å². The number of hydrogen-bond acceptors (Lipinski definition) is 1. The molecule has 2 aromatic carbocycles. The minimum Gasteiger partial charge on any atom is -0.338 e. The summed E-state index contributed by atoms with van der Waals surface area (Å²) < 4.78 is 0.875. The average molecular weight is 336 g/mol. The Labute approximate surface area is 124 Å². The van der Waals surface area contributed by atoms with Crippen LogP contribution in [0.15, 0.2) is 34.8 Å². The maximum atomic E-state index is 6.01. The van der Waals surface area contributed by atoms with Crippen LogP contribution < -0.4 is 0 Å². The van der Waals surface area contributed by atoms with Gasteiger partial charge >= 0.3 is 0 Å². The standard InChI is InChI=1S/C15H12BrClN2/c1-8-5-13-14(6-9(8)2)19-15(18-13)10-3-4-12(17)11(16)7-10/h3-7H,1-2H3,(H,18,19). The molecule has 0 amide bonds. The number of halogens is 2. The van der Waals surface area contributed by atoms with Crippen molar-refractivity contribution in [2.45, 2.75) is 13.8 Å². The van der Waals surface area contributed by atoms with Crippen LogP contribution in [0.25, 0.3) is 22.4 Å². The van der Waals surface area contributed by atoms with Gasteiger partial charge in [0.05, 0.1) is 16.1 Å². The normalized spacial score (nSPS) is 11.2. The molecule has 3 rings (SSSR count). The number of nitrogens with zero attached hydrogens (tertiary/aromatic N) is 1. The highest BCUT2D eigenvalue weighted by atomic mass is 79.9. The highest BCUT2D eigenvalue weighted by Gasteiger charge is 2.08. The number of rotatable bonds is 1. The van der Waals surface area contributed by atoms with Gasteiger partial charge in [0.2, 0.25) is 0 Å². The lowest BCUT2D eigenvalue weighted by atomic mass is 10.1. The molecule has 4 heteroatoms. The first-order chi connectivity index (χ1) is 9.04. The predicted octanol–water partition coefficient (Wildman–Crippen LogP) is 5.26. The summed E-state index contributed by atoms with van der Waals surface area (Å²) >= 11 is 9.45. The van der Waals surface area contributed by atoms with Crippen molar-refractivity contribution in [1.82, 2.24) is 9.97 Å². The molecule has 0 aliphatic rings. The second kappa shape index (κ2) is 4.66. The Kier molecular flexibility index (Phi) is 3.11. The molecule has 1 N–H and O–H groups in total. The molecule has 19 heavy (non-hydrogen) atoms. The van der Waals surface area contributed by atoms with Crippen molar-refractivity contribution in [2.24, 2.45) is 0 Å². The molecule has 0 saturated heterocycles. The van der Waals surface area contributed by atoms with Crippen molar-refractivity contribution >= 4 is 38.6 Å². The molecular formula is C15H12BrClN2. The van der Waals surface area contributed by atoms with E-state index in [4.69, 9.17) is 11.6 Å². The SMILES string of the molecule is Cc1cc2nc(-c3ccc(Cl)c(Br)c3)[nH]c2cc1C. The van der Waals surface area contributed by atoms with Crippen LogP contribution in [-0.2, 0) is 0 Å². The van der Waals surface area contributed by atoms with E-state index in [0.29, 0.717) is 5.02 Å². The van der Waals surface area contributed by atoms with Crippen LogP contribution in [0.1, 0.15) is 11.1 Å². The fourth-order valence-corrected chi connectivity index (χ4v) is 2.55. The molecule has 0 bridgehead atoms. The van der Waals surface area contributed by atoms with Gasteiger partial charge in [0.1, 0.15) is 5.82 Å². The zero-order valence-corrected chi connectivity index (χ0v) is 12.9. The summed E-state index contributed by atoms with van der Waals surface area (Å²) in [6.07, 6.45) is 0. The molecule has 0 saturated carbocycles. The van der Waals surface area contributed by atoms with E-state index in [1.165, 1.54) is 11.1 Å². The molecule has 0 spiro atoms. The van der Waals surface area contributed by atoms with Crippen LogP contribution in [0.5, 0.6) is 0 Å². The van der Waals surface area contributed by atoms with Crippen molar-refractivity contribution in [3.63, 3.8) is 0 Å². The topological polar surface area (TPSA) is 28.7 Å². The number of aryl methyl sites for hydroxylation is 2. The maximum Gasteiger partial charge on any atom is 0.138 e. The van der Waals surface area contributed by atoms with Crippen LogP contribution in [0.2, 0.25) is 5.02 Å². The first-order valence-electron chi connectivity index (χ1n) is 5.97. The van der Waals surface area contributed by atoms with Gasteiger partial charge in [-0.05, 0) is 71.2 Å². The van der Waals surface area contributed by atoms with Crippen molar-refractivity contribution in [3.05, 3.63) is 51.0 Å². The number of aromatic nitrogens is 2. The number of benzene rings is 2. The van der Waals surface area contributed by atoms with Gasteiger partial charge in [0.15, 0.2) is 0 Å². The van der Waals surface area contributed by atoms with Crippen molar-refractivity contribution < 1.29 is 0 Å². The van der Waals surface area contributed by atoms with E-state index in [9.17, 15) is 0 Å². The summed E-state index contributed by atoms with van der Waals surface area (Å²) in [5, 5.41) is 0.701. The van der Waals surface area contributed by atoms with E-state index in [1.54, 1.807) is 0 Å². The molecular weight excluding hydrogens is 324 g/mol. The lowest BCUT2D eigenvalue weighted by Gasteiger charge is -1.99. The number of aromatic amines is 1. The number of H-pyrrole nitrogens is 1. The Morgan fingerprint density at radius 1 is 1.11 bits per heavy atom. The molecule has 0 radical (unpaired) electrons. The number of nitrogens with one attached hydrogen (secondary N) is 1. The summed E-state index contributed by atoms with van der Waals surface area (Å²) in [7, 11) is 0. The fourth-order valence-electron chi connectivity index (χ4n) is 2.05.